The van der Waals surface area contributed by atoms with Gasteiger partial charge in [0, 0.05) is 30.9 Å². The maximum absolute atomic E-state index is 4.94. The van der Waals surface area contributed by atoms with Crippen molar-refractivity contribution in [2.75, 3.05) is 22.9 Å². The van der Waals surface area contributed by atoms with Gasteiger partial charge in [0.2, 0.25) is 0 Å². The maximum Gasteiger partial charge on any atom is 2.00 e. The van der Waals surface area contributed by atoms with Gasteiger partial charge in [0.25, 0.3) is 0 Å². The molecular weight excluding hydrogens is 840 g/mol. The summed E-state index contributed by atoms with van der Waals surface area (Å²) in [6, 6.07) is 44.5. The van der Waals surface area contributed by atoms with Gasteiger partial charge in [-0.05, 0) is 81.3 Å². The van der Waals surface area contributed by atoms with Gasteiger partial charge in [0.05, 0.1) is 0 Å². The largest absolute Gasteiger partial charge is 2.00 e. The number of anilines is 4. The van der Waals surface area contributed by atoms with E-state index in [2.05, 4.69) is 161 Å². The molecule has 3 aliphatic rings. The van der Waals surface area contributed by atoms with Crippen molar-refractivity contribution in [1.29, 1.82) is 0 Å². The minimum absolute atomic E-state index is 0. The Balaban J connectivity index is 0.00000413. The zero-order chi connectivity index (χ0) is 36.5. The Bertz CT molecular complexity index is 2200. The van der Waals surface area contributed by atoms with E-state index >= 15 is 0 Å². The second-order valence-electron chi connectivity index (χ2n) is 17.1. The van der Waals surface area contributed by atoms with Gasteiger partial charge in [-0.25, -0.2) is 9.97 Å². The van der Waals surface area contributed by atoms with E-state index in [9.17, 15) is 0 Å². The van der Waals surface area contributed by atoms with Crippen LogP contribution < -0.4 is 9.80 Å². The summed E-state index contributed by atoms with van der Waals surface area (Å²) in [5.41, 5.74) is 14.3. The van der Waals surface area contributed by atoms with Gasteiger partial charge in [0.1, 0.15) is 11.6 Å². The second-order valence-corrected chi connectivity index (χ2v) is 17.1. The van der Waals surface area contributed by atoms with Gasteiger partial charge < -0.3 is 9.80 Å². The number of hydrogen-bond donors (Lipinski definition) is 0. The van der Waals surface area contributed by atoms with E-state index in [4.69, 9.17) is 9.97 Å². The van der Waals surface area contributed by atoms with E-state index in [0.29, 0.717) is 0 Å². The Morgan fingerprint density at radius 1 is 0.556 bits per heavy atom. The predicted octanol–water partition coefficient (Wildman–Crippen LogP) is 11.2. The topological polar surface area (TPSA) is 32.3 Å². The van der Waals surface area contributed by atoms with E-state index < -0.39 is 5.41 Å². The average molecular weight is 888 g/mol. The molecule has 4 heterocycles. The molecule has 4 nitrogen and oxygen atoms in total. The minimum Gasteiger partial charge on any atom is -0.350 e. The van der Waals surface area contributed by atoms with Gasteiger partial charge in [0.15, 0.2) is 0 Å². The van der Waals surface area contributed by atoms with Crippen molar-refractivity contribution in [3.63, 3.8) is 0 Å². The molecule has 1 aliphatic carbocycles. The zero-order valence-corrected chi connectivity index (χ0v) is 34.5. The third kappa shape index (κ3) is 5.93. The van der Waals surface area contributed by atoms with Gasteiger partial charge in [-0.1, -0.05) is 114 Å². The van der Waals surface area contributed by atoms with Gasteiger partial charge >= 0.3 is 21.1 Å². The molecule has 0 atom stereocenters. The van der Waals surface area contributed by atoms with Crippen molar-refractivity contribution in [3.05, 3.63) is 166 Å². The summed E-state index contributed by atoms with van der Waals surface area (Å²) < 4.78 is 0. The molecule has 0 spiro atoms. The molecule has 0 amide bonds. The molecule has 2 aromatic heterocycles. The first-order valence-corrected chi connectivity index (χ1v) is 19.3. The first-order valence-electron chi connectivity index (χ1n) is 19.3. The van der Waals surface area contributed by atoms with E-state index in [1.165, 1.54) is 44.5 Å². The third-order valence-electron chi connectivity index (χ3n) is 11.7. The number of aryl methyl sites for hydroxylation is 2. The molecule has 6 aromatic rings. The van der Waals surface area contributed by atoms with Crippen LogP contribution in [-0.4, -0.2) is 23.1 Å². The molecule has 0 bridgehead atoms. The second kappa shape index (κ2) is 13.6. The quantitative estimate of drug-likeness (QED) is 0.165. The zero-order valence-electron chi connectivity index (χ0n) is 32.2. The Labute approximate surface area is 336 Å². The predicted molar refractivity (Wildman–Crippen MR) is 218 cm³/mol. The summed E-state index contributed by atoms with van der Waals surface area (Å²) in [6.07, 6.45) is 8.16. The molecule has 0 radical (unpaired) electrons. The summed E-state index contributed by atoms with van der Waals surface area (Å²) in [4.78, 5) is 14.7. The Kier molecular flexibility index (Phi) is 9.21. The van der Waals surface area contributed by atoms with Crippen LogP contribution in [-0.2, 0) is 50.2 Å². The van der Waals surface area contributed by atoms with E-state index in [-0.39, 0.29) is 31.9 Å². The van der Waals surface area contributed by atoms with Crippen molar-refractivity contribution in [3.8, 4) is 11.1 Å². The Hall–Kier alpha value is -4.53. The molecule has 0 unspecified atom stereocenters. The number of aromatic nitrogens is 2. The van der Waals surface area contributed by atoms with Crippen LogP contribution in [0.2, 0.25) is 0 Å². The molecule has 9 rings (SSSR count). The first kappa shape index (κ1) is 36.4. The van der Waals surface area contributed by atoms with E-state index in [1.807, 2.05) is 12.4 Å². The van der Waals surface area contributed by atoms with E-state index in [0.717, 1.165) is 72.9 Å². The third-order valence-corrected chi connectivity index (χ3v) is 11.7. The molecule has 4 aromatic carbocycles. The smallest absolute Gasteiger partial charge is 0.350 e. The van der Waals surface area contributed by atoms with E-state index in [1.54, 1.807) is 0 Å². The average Bonchev–Trinajstić information content (AvgIpc) is 3.47. The van der Waals surface area contributed by atoms with Crippen molar-refractivity contribution in [2.45, 2.75) is 83.5 Å². The number of rotatable bonds is 4. The van der Waals surface area contributed by atoms with Crippen molar-refractivity contribution in [2.24, 2.45) is 0 Å². The fraction of sp³-hybridized carbons (Fsp3) is 0.306. The number of nitrogens with zero attached hydrogens (tertiary/aromatic N) is 4. The molecule has 0 saturated carbocycles. The Morgan fingerprint density at radius 3 is 1.41 bits per heavy atom. The van der Waals surface area contributed by atoms with Crippen LogP contribution in [0.3, 0.4) is 0 Å². The van der Waals surface area contributed by atoms with Crippen LogP contribution in [0.15, 0.2) is 109 Å². The van der Waals surface area contributed by atoms with Crippen molar-refractivity contribution >= 4 is 23.0 Å². The summed E-state index contributed by atoms with van der Waals surface area (Å²) in [5, 5.41) is 0. The van der Waals surface area contributed by atoms with Crippen LogP contribution in [0.25, 0.3) is 11.1 Å². The summed E-state index contributed by atoms with van der Waals surface area (Å²) in [5.74, 6) is 1.99. The van der Waals surface area contributed by atoms with Crippen molar-refractivity contribution in [1.82, 2.24) is 9.97 Å². The van der Waals surface area contributed by atoms with Crippen LogP contribution in [0, 0.1) is 12.1 Å². The molecule has 2 aliphatic heterocycles. The number of benzene rings is 4. The molecule has 0 N–H and O–H groups in total. The van der Waals surface area contributed by atoms with Crippen LogP contribution in [0.5, 0.6) is 0 Å². The Morgan fingerprint density at radius 2 is 0.981 bits per heavy atom. The monoisotopic (exact) mass is 887 g/mol. The minimum atomic E-state index is -0.620. The fourth-order valence-electron chi connectivity index (χ4n) is 8.91. The van der Waals surface area contributed by atoms with Crippen LogP contribution >= 0.6 is 0 Å². The summed E-state index contributed by atoms with van der Waals surface area (Å²) in [7, 11) is 0. The molecule has 5 heteroatoms. The number of pyridine rings is 2. The summed E-state index contributed by atoms with van der Waals surface area (Å²) in [6.45, 7) is 15.4. The molecule has 274 valence electrons. The molecule has 54 heavy (non-hydrogen) atoms. The SMILES string of the molecule is CC(C)(C)c1ccnc(N2CCCc3ccc(C4(c5[c-]c6c(cc5)CCCN6c5cc(C(C)(C)C)ccn5)c5ccccc5-c5ccccc54)[c-]c32)c1.[Pt+2]. The standard InChI is InChI=1S/C49H48N4.Pt/c1-47(2,3)35-23-25-50-45(31-35)52-27-11-13-33-19-21-37(29-43(33)52)49(41-17-9-7-15-39(41)40-16-8-10-18-42(40)49)38-22-20-34-14-12-28-53(44(34)30-38)46-32-36(24-26-51-46)48(4,5)6;/h7-10,15-26,31-32H,11-14,27-28H2,1-6H3;/q-2;+2. The van der Waals surface area contributed by atoms with Crippen molar-refractivity contribution < 1.29 is 21.1 Å². The van der Waals surface area contributed by atoms with Gasteiger partial charge in [-0.15, -0.1) is 22.3 Å². The molecule has 0 fully saturated rings. The molecular formula is C49H48N4Pt. The van der Waals surface area contributed by atoms with Gasteiger partial charge in [-0.2, -0.15) is 36.4 Å². The normalized spacial score (nSPS) is 15.8. The number of fused-ring (bicyclic) bond motifs is 5. The summed E-state index contributed by atoms with van der Waals surface area (Å²) >= 11 is 0. The first-order chi connectivity index (χ1) is 25.5. The van der Waals surface area contributed by atoms with Crippen LogP contribution in [0.1, 0.15) is 98.9 Å². The maximum atomic E-state index is 4.94. The molecule has 0 saturated heterocycles. The number of hydrogen-bond acceptors (Lipinski definition) is 4. The van der Waals surface area contributed by atoms with Crippen LogP contribution in [0.4, 0.5) is 23.0 Å². The fourth-order valence-corrected chi connectivity index (χ4v) is 8.91. The van der Waals surface area contributed by atoms with Gasteiger partial charge in [-0.3, -0.25) is 0 Å².